The van der Waals surface area contributed by atoms with Crippen LogP contribution in [0.25, 0.3) is 0 Å². The molecule has 0 aromatic carbocycles. The Balaban J connectivity index is 0. The Hall–Kier alpha value is 1.11. The molecule has 3 heteroatoms. The van der Waals surface area contributed by atoms with Crippen LogP contribution in [0.5, 0.6) is 0 Å². The van der Waals surface area contributed by atoms with Gasteiger partial charge in [0.25, 0.3) is 0 Å². The summed E-state index contributed by atoms with van der Waals surface area (Å²) in [7, 11) is 0. The van der Waals surface area contributed by atoms with Crippen molar-refractivity contribution in [2.45, 2.75) is 52.4 Å². The fraction of sp³-hybridized carbons (Fsp3) is 0.900. The van der Waals surface area contributed by atoms with Crippen molar-refractivity contribution in [3.05, 3.63) is 0 Å². The van der Waals surface area contributed by atoms with E-state index in [1.54, 1.807) is 0 Å². The number of unbranched alkanes of at least 4 members (excludes halogenated alkanes) is 2. The Morgan fingerprint density at radius 1 is 1.15 bits per heavy atom. The zero-order valence-electron chi connectivity index (χ0n) is 9.14. The van der Waals surface area contributed by atoms with Crippen LogP contribution >= 0.6 is 0 Å². The number of carbonyl (C=O) groups excluding carboxylic acids is 1. The molecule has 0 fully saturated rings. The van der Waals surface area contributed by atoms with E-state index in [1.807, 2.05) is 6.92 Å². The van der Waals surface area contributed by atoms with Gasteiger partial charge in [0.1, 0.15) is 0 Å². The third-order valence-corrected chi connectivity index (χ3v) is 2.13. The van der Waals surface area contributed by atoms with Gasteiger partial charge in [0, 0.05) is 5.97 Å². The summed E-state index contributed by atoms with van der Waals surface area (Å²) in [6, 6.07) is 0. The van der Waals surface area contributed by atoms with Crippen molar-refractivity contribution in [1.29, 1.82) is 0 Å². The van der Waals surface area contributed by atoms with Crippen LogP contribution in [0.3, 0.4) is 0 Å². The zero-order valence-corrected chi connectivity index (χ0v) is 12.3. The average Bonchev–Trinajstić information content (AvgIpc) is 2.03. The summed E-state index contributed by atoms with van der Waals surface area (Å²) in [6.45, 7) is 4.13. The minimum atomic E-state index is -0.868. The van der Waals surface area contributed by atoms with Crippen molar-refractivity contribution >= 4 is 5.97 Å². The maximum absolute atomic E-state index is 10.6. The fourth-order valence-electron chi connectivity index (χ4n) is 1.37. The number of hydrogen-bond acceptors (Lipinski definition) is 2. The monoisotopic (exact) mass is 210 g/mol. The number of hydrogen-bond donors (Lipinski definition) is 0. The van der Waals surface area contributed by atoms with E-state index < -0.39 is 5.97 Å². The van der Waals surface area contributed by atoms with Gasteiger partial charge in [-0.2, -0.15) is 0 Å². The van der Waals surface area contributed by atoms with Crippen molar-refractivity contribution in [3.8, 4) is 0 Å². The Morgan fingerprint density at radius 2 is 1.77 bits per heavy atom. The average molecular weight is 210 g/mol. The SMILES string of the molecule is CCCCCC(CCC)C(=O)[O-].[K+]. The van der Waals surface area contributed by atoms with E-state index >= 15 is 0 Å². The molecule has 0 N–H and O–H groups in total. The van der Waals surface area contributed by atoms with Crippen molar-refractivity contribution in [3.63, 3.8) is 0 Å². The Bertz CT molecular complexity index is 126. The molecule has 0 rings (SSSR count). The molecule has 1 atom stereocenters. The van der Waals surface area contributed by atoms with Gasteiger partial charge in [-0.25, -0.2) is 0 Å². The van der Waals surface area contributed by atoms with Crippen molar-refractivity contribution in [2.75, 3.05) is 0 Å². The second kappa shape index (κ2) is 11.2. The Labute approximate surface area is 124 Å². The van der Waals surface area contributed by atoms with E-state index in [-0.39, 0.29) is 57.3 Å². The van der Waals surface area contributed by atoms with Gasteiger partial charge < -0.3 is 9.90 Å². The van der Waals surface area contributed by atoms with Crippen LogP contribution in [0.2, 0.25) is 0 Å². The number of carbonyl (C=O) groups is 1. The van der Waals surface area contributed by atoms with Crippen molar-refractivity contribution < 1.29 is 61.3 Å². The van der Waals surface area contributed by atoms with Gasteiger partial charge in [0.2, 0.25) is 0 Å². The van der Waals surface area contributed by atoms with Crippen LogP contribution in [0.4, 0.5) is 0 Å². The quantitative estimate of drug-likeness (QED) is 0.389. The largest absolute Gasteiger partial charge is 1.00 e. The summed E-state index contributed by atoms with van der Waals surface area (Å²) in [5.74, 6) is -1.07. The number of rotatable bonds is 7. The topological polar surface area (TPSA) is 40.1 Å². The molecule has 1 unspecified atom stereocenters. The summed E-state index contributed by atoms with van der Waals surface area (Å²) >= 11 is 0. The predicted molar refractivity (Wildman–Crippen MR) is 47.5 cm³/mol. The van der Waals surface area contributed by atoms with Crippen molar-refractivity contribution in [1.82, 2.24) is 0 Å². The second-order valence-electron chi connectivity index (χ2n) is 3.30. The maximum Gasteiger partial charge on any atom is 1.00 e. The van der Waals surface area contributed by atoms with Gasteiger partial charge in [0.05, 0.1) is 0 Å². The minimum absolute atomic E-state index is 0. The van der Waals surface area contributed by atoms with E-state index in [4.69, 9.17) is 0 Å². The molecule has 0 aromatic heterocycles. The number of carboxylic acid groups (broad SMARTS) is 1. The summed E-state index contributed by atoms with van der Waals surface area (Å²) in [5.41, 5.74) is 0. The molecule has 0 spiro atoms. The van der Waals surface area contributed by atoms with Crippen LogP contribution in [0.1, 0.15) is 52.4 Å². The minimum Gasteiger partial charge on any atom is -0.550 e. The molecule has 0 radical (unpaired) electrons. The Kier molecular flexibility index (Phi) is 14.2. The number of aliphatic carboxylic acids is 1. The number of carboxylic acids is 1. The molecule has 0 aliphatic rings. The molecule has 0 bridgehead atoms. The smallest absolute Gasteiger partial charge is 0.550 e. The summed E-state index contributed by atoms with van der Waals surface area (Å²) in [6.07, 6.45) is 5.80. The van der Waals surface area contributed by atoms with Crippen LogP contribution in [-0.4, -0.2) is 5.97 Å². The first-order valence-corrected chi connectivity index (χ1v) is 4.93. The van der Waals surface area contributed by atoms with Gasteiger partial charge in [-0.05, 0) is 18.8 Å². The van der Waals surface area contributed by atoms with Gasteiger partial charge in [-0.1, -0.05) is 39.5 Å². The molecule has 0 saturated heterocycles. The molecule has 2 nitrogen and oxygen atoms in total. The maximum atomic E-state index is 10.6. The summed E-state index contributed by atoms with van der Waals surface area (Å²) < 4.78 is 0. The van der Waals surface area contributed by atoms with E-state index in [1.165, 1.54) is 0 Å². The molecule has 0 amide bonds. The first-order valence-electron chi connectivity index (χ1n) is 4.93. The Morgan fingerprint density at radius 3 is 2.15 bits per heavy atom. The summed E-state index contributed by atoms with van der Waals surface area (Å²) in [4.78, 5) is 10.6. The van der Waals surface area contributed by atoms with Gasteiger partial charge in [0.15, 0.2) is 0 Å². The van der Waals surface area contributed by atoms with Crippen molar-refractivity contribution in [2.24, 2.45) is 5.92 Å². The molecular formula is C10H19KO2. The third kappa shape index (κ3) is 9.41. The zero-order chi connectivity index (χ0) is 9.40. The van der Waals surface area contributed by atoms with Crippen LogP contribution in [0.15, 0.2) is 0 Å². The molecule has 0 aromatic rings. The van der Waals surface area contributed by atoms with E-state index in [0.717, 1.165) is 38.5 Å². The van der Waals surface area contributed by atoms with E-state index in [0.29, 0.717) is 0 Å². The van der Waals surface area contributed by atoms with Crippen LogP contribution < -0.4 is 56.5 Å². The van der Waals surface area contributed by atoms with E-state index in [2.05, 4.69) is 6.92 Å². The van der Waals surface area contributed by atoms with Gasteiger partial charge in [-0.15, -0.1) is 0 Å². The van der Waals surface area contributed by atoms with Crippen LogP contribution in [-0.2, 0) is 4.79 Å². The predicted octanol–water partition coefficient (Wildman–Crippen LogP) is -1.26. The first-order chi connectivity index (χ1) is 5.72. The standard InChI is InChI=1S/C10H20O2.K/c1-3-5-6-8-9(7-4-2)10(11)12;/h9H,3-8H2,1-2H3,(H,11,12);/q;+1/p-1. The van der Waals surface area contributed by atoms with Crippen LogP contribution in [0, 0.1) is 5.92 Å². The molecule has 0 aliphatic carbocycles. The first kappa shape index (κ1) is 16.5. The summed E-state index contributed by atoms with van der Waals surface area (Å²) in [5, 5.41) is 10.6. The third-order valence-electron chi connectivity index (χ3n) is 2.13. The fourth-order valence-corrected chi connectivity index (χ4v) is 1.37. The molecule has 13 heavy (non-hydrogen) atoms. The van der Waals surface area contributed by atoms with E-state index in [9.17, 15) is 9.90 Å². The molecule has 0 heterocycles. The normalized spacial score (nSPS) is 11.8. The molecular weight excluding hydrogens is 191 g/mol. The molecule has 72 valence electrons. The second-order valence-corrected chi connectivity index (χ2v) is 3.30. The molecule has 0 aliphatic heterocycles. The molecule has 0 saturated carbocycles. The van der Waals surface area contributed by atoms with Gasteiger partial charge in [-0.3, -0.25) is 0 Å². The van der Waals surface area contributed by atoms with Gasteiger partial charge >= 0.3 is 51.4 Å².